The van der Waals surface area contributed by atoms with Gasteiger partial charge in [0.05, 0.1) is 16.5 Å². The summed E-state index contributed by atoms with van der Waals surface area (Å²) < 4.78 is 65.7. The van der Waals surface area contributed by atoms with E-state index in [1.54, 1.807) is 20.8 Å². The van der Waals surface area contributed by atoms with E-state index in [9.17, 15) is 36.7 Å². The molecular formula is C30H34Cl2F4N2O6. The molecule has 1 aromatic heterocycles. The number of aromatic nitrogens is 1. The number of amides is 1. The first-order valence-corrected chi connectivity index (χ1v) is 14.3. The molecule has 0 saturated heterocycles. The van der Waals surface area contributed by atoms with Crippen molar-refractivity contribution >= 4 is 51.6 Å². The molecule has 1 heterocycles. The first-order chi connectivity index (χ1) is 20.6. The van der Waals surface area contributed by atoms with E-state index in [2.05, 4.69) is 10.1 Å². The second-order valence-corrected chi connectivity index (χ2v) is 10.4. The van der Waals surface area contributed by atoms with Gasteiger partial charge >= 0.3 is 5.97 Å². The summed E-state index contributed by atoms with van der Waals surface area (Å²) >= 11 is 12.0. The summed E-state index contributed by atoms with van der Waals surface area (Å²) in [6.45, 7) is 10.9. The number of esters is 1. The summed E-state index contributed by atoms with van der Waals surface area (Å²) in [5, 5.41) is 3.20. The van der Waals surface area contributed by atoms with Crippen molar-refractivity contribution in [2.75, 3.05) is 6.61 Å². The first kappa shape index (κ1) is 38.4. The van der Waals surface area contributed by atoms with Gasteiger partial charge in [-0.05, 0) is 44.4 Å². The van der Waals surface area contributed by atoms with Gasteiger partial charge in [0, 0.05) is 17.6 Å². The molecule has 242 valence electrons. The third kappa shape index (κ3) is 10.5. The molecule has 2 aromatic carbocycles. The van der Waals surface area contributed by atoms with E-state index in [1.807, 2.05) is 27.7 Å². The Morgan fingerprint density at radius 3 is 2.02 bits per heavy atom. The highest BCUT2D eigenvalue weighted by Crippen LogP contribution is 2.27. The molecule has 0 saturated carbocycles. The third-order valence-corrected chi connectivity index (χ3v) is 6.00. The van der Waals surface area contributed by atoms with Crippen LogP contribution in [-0.4, -0.2) is 40.5 Å². The molecule has 1 atom stereocenters. The predicted molar refractivity (Wildman–Crippen MR) is 160 cm³/mol. The zero-order chi connectivity index (χ0) is 33.9. The van der Waals surface area contributed by atoms with E-state index in [-0.39, 0.29) is 21.5 Å². The molecule has 1 amide bonds. The largest absolute Gasteiger partial charge is 0.479 e. The van der Waals surface area contributed by atoms with Crippen LogP contribution in [0.25, 0.3) is 10.8 Å². The smallest absolute Gasteiger partial charge is 0.308 e. The number of carbonyl (C=O) groups excluding carboxylic acids is 3. The number of carbonyl (C=O) groups is 3. The average molecular weight is 666 g/mol. The zero-order valence-electron chi connectivity index (χ0n) is 25.2. The van der Waals surface area contributed by atoms with E-state index in [0.717, 1.165) is 4.57 Å². The molecular weight excluding hydrogens is 631 g/mol. The number of rotatable bonds is 9. The summed E-state index contributed by atoms with van der Waals surface area (Å²) in [5.74, 6) is -11.7. The Balaban J connectivity index is 0.00000232. The standard InChI is InChI=1S/C26H22Cl2F4N2O6.2C2H6/c1-26(2,3)40-21(37)9-18(19(35)11-39-24-22(31)16(29)8-17(30)23(24)32)33-20(36)10-34-5-4-12-6-14(27)15(28)7-13(12)25(34)38;2*1-2/h4-8,18H,9-11H2,1-3H3,(H,33,36);2*1-2H3. The minimum atomic E-state index is -1.88. The van der Waals surface area contributed by atoms with Crippen molar-refractivity contribution in [2.45, 2.75) is 73.1 Å². The van der Waals surface area contributed by atoms with Crippen LogP contribution in [0.1, 0.15) is 54.9 Å². The number of benzene rings is 2. The summed E-state index contributed by atoms with van der Waals surface area (Å²) in [6.07, 6.45) is 0.570. The molecule has 0 radical (unpaired) electrons. The van der Waals surface area contributed by atoms with Gasteiger partial charge in [-0.1, -0.05) is 50.9 Å². The topological polar surface area (TPSA) is 104 Å². The van der Waals surface area contributed by atoms with Crippen molar-refractivity contribution in [1.82, 2.24) is 9.88 Å². The van der Waals surface area contributed by atoms with E-state index in [4.69, 9.17) is 27.9 Å². The van der Waals surface area contributed by atoms with Crippen LogP contribution in [0.15, 0.2) is 35.3 Å². The number of hydrogen-bond acceptors (Lipinski definition) is 6. The molecule has 3 aromatic rings. The number of ether oxygens (including phenoxy) is 2. The molecule has 3 rings (SSSR count). The van der Waals surface area contributed by atoms with Crippen LogP contribution < -0.4 is 15.6 Å². The number of ketones is 1. The Morgan fingerprint density at radius 2 is 1.48 bits per heavy atom. The van der Waals surface area contributed by atoms with E-state index in [1.165, 1.54) is 24.4 Å². The van der Waals surface area contributed by atoms with Gasteiger partial charge in [0.2, 0.25) is 17.5 Å². The van der Waals surface area contributed by atoms with Crippen molar-refractivity contribution in [1.29, 1.82) is 0 Å². The summed E-state index contributed by atoms with van der Waals surface area (Å²) in [6, 6.07) is 2.61. The molecule has 0 aliphatic heterocycles. The number of halogens is 6. The fourth-order valence-electron chi connectivity index (χ4n) is 3.51. The third-order valence-electron chi connectivity index (χ3n) is 5.28. The van der Waals surface area contributed by atoms with Crippen molar-refractivity contribution in [2.24, 2.45) is 0 Å². The predicted octanol–water partition coefficient (Wildman–Crippen LogP) is 6.78. The lowest BCUT2D eigenvalue weighted by molar-refractivity contribution is -0.156. The minimum absolute atomic E-state index is 0.0395. The maximum Gasteiger partial charge on any atom is 0.308 e. The van der Waals surface area contributed by atoms with Gasteiger partial charge in [-0.15, -0.1) is 0 Å². The molecule has 0 fully saturated rings. The molecule has 1 unspecified atom stereocenters. The second kappa shape index (κ2) is 17.0. The maximum atomic E-state index is 13.9. The van der Waals surface area contributed by atoms with Crippen LogP contribution in [0.2, 0.25) is 10.0 Å². The van der Waals surface area contributed by atoms with Crippen LogP contribution in [-0.2, 0) is 25.7 Å². The number of Topliss-reactive ketones (excluding diaryl/α,β-unsaturated/α-hetero) is 1. The van der Waals surface area contributed by atoms with Crippen molar-refractivity contribution in [3.63, 3.8) is 0 Å². The summed E-state index contributed by atoms with van der Waals surface area (Å²) in [5.41, 5.74) is -1.57. The molecule has 0 bridgehead atoms. The fourth-order valence-corrected chi connectivity index (χ4v) is 3.85. The Bertz CT molecular complexity index is 1530. The molecule has 8 nitrogen and oxygen atoms in total. The molecule has 0 aliphatic rings. The molecule has 44 heavy (non-hydrogen) atoms. The lowest BCUT2D eigenvalue weighted by Crippen LogP contribution is -2.46. The average Bonchev–Trinajstić information content (AvgIpc) is 2.95. The molecule has 1 N–H and O–H groups in total. The van der Waals surface area contributed by atoms with Crippen LogP contribution in [0.4, 0.5) is 17.6 Å². The fraction of sp³-hybridized carbons (Fsp3) is 0.400. The van der Waals surface area contributed by atoms with Gasteiger partial charge < -0.3 is 19.4 Å². The van der Waals surface area contributed by atoms with Crippen LogP contribution >= 0.6 is 23.2 Å². The van der Waals surface area contributed by atoms with E-state index < -0.39 is 83.5 Å². The number of nitrogens with one attached hydrogen (secondary N) is 1. The summed E-state index contributed by atoms with van der Waals surface area (Å²) in [7, 11) is 0. The van der Waals surface area contributed by atoms with Gasteiger partial charge in [0.15, 0.2) is 23.2 Å². The Hall–Kier alpha value is -3.64. The number of hydrogen-bond donors (Lipinski definition) is 1. The maximum absolute atomic E-state index is 13.9. The molecule has 0 spiro atoms. The number of nitrogens with zero attached hydrogens (tertiary/aromatic N) is 1. The van der Waals surface area contributed by atoms with Gasteiger partial charge in [-0.25, -0.2) is 8.78 Å². The van der Waals surface area contributed by atoms with Crippen molar-refractivity contribution < 1.29 is 41.4 Å². The SMILES string of the molecule is CC.CC.CC(C)(C)OC(=O)CC(NC(=O)Cn1ccc2cc(Cl)c(Cl)cc2c1=O)C(=O)COc1c(F)c(F)cc(F)c1F. The highest BCUT2D eigenvalue weighted by molar-refractivity contribution is 6.42. The minimum Gasteiger partial charge on any atom is -0.479 e. The highest BCUT2D eigenvalue weighted by atomic mass is 35.5. The van der Waals surface area contributed by atoms with Crippen LogP contribution in [0, 0.1) is 23.3 Å². The van der Waals surface area contributed by atoms with Gasteiger partial charge in [-0.3, -0.25) is 19.2 Å². The van der Waals surface area contributed by atoms with Crippen molar-refractivity contribution in [3.8, 4) is 5.75 Å². The summed E-state index contributed by atoms with van der Waals surface area (Å²) in [4.78, 5) is 50.9. The lowest BCUT2D eigenvalue weighted by Gasteiger charge is -2.22. The first-order valence-electron chi connectivity index (χ1n) is 13.5. The molecule has 0 aliphatic carbocycles. The lowest BCUT2D eigenvalue weighted by atomic mass is 10.1. The Morgan fingerprint density at radius 1 is 0.932 bits per heavy atom. The van der Waals surface area contributed by atoms with Gasteiger partial charge in [0.25, 0.3) is 5.56 Å². The van der Waals surface area contributed by atoms with Crippen LogP contribution in [0.5, 0.6) is 5.75 Å². The van der Waals surface area contributed by atoms with Gasteiger partial charge in [-0.2, -0.15) is 8.78 Å². The van der Waals surface area contributed by atoms with E-state index in [0.29, 0.717) is 5.39 Å². The van der Waals surface area contributed by atoms with Crippen LogP contribution in [0.3, 0.4) is 0 Å². The Kier molecular flexibility index (Phi) is 14.8. The second-order valence-electron chi connectivity index (χ2n) is 9.57. The van der Waals surface area contributed by atoms with Crippen molar-refractivity contribution in [3.05, 3.63) is 74.1 Å². The van der Waals surface area contributed by atoms with E-state index >= 15 is 0 Å². The van der Waals surface area contributed by atoms with Gasteiger partial charge in [0.1, 0.15) is 24.8 Å². The number of pyridine rings is 1. The Labute approximate surface area is 262 Å². The highest BCUT2D eigenvalue weighted by Gasteiger charge is 2.29. The zero-order valence-corrected chi connectivity index (χ0v) is 26.8. The normalized spacial score (nSPS) is 11.4. The number of fused-ring (bicyclic) bond motifs is 1. The quantitative estimate of drug-likeness (QED) is 0.154. The monoisotopic (exact) mass is 664 g/mol. The molecule has 14 heteroatoms.